The van der Waals surface area contributed by atoms with Crippen LogP contribution in [0.3, 0.4) is 0 Å². The Morgan fingerprint density at radius 3 is 2.86 bits per heavy atom. The van der Waals surface area contributed by atoms with Crippen molar-refractivity contribution in [2.24, 2.45) is 0 Å². The number of benzene rings is 1. The lowest BCUT2D eigenvalue weighted by molar-refractivity contribution is 0.0523. The second kappa shape index (κ2) is 7.64. The third-order valence-corrected chi connectivity index (χ3v) is 3.68. The fourth-order valence-corrected chi connectivity index (χ4v) is 2.56. The van der Waals surface area contributed by atoms with Crippen LogP contribution in [0.1, 0.15) is 60.6 Å². The highest BCUT2D eigenvalue weighted by Crippen LogP contribution is 2.36. The highest BCUT2D eigenvalue weighted by Gasteiger charge is 2.22. The molecular formula is C17H22N2O3. The molecule has 1 heterocycles. The summed E-state index contributed by atoms with van der Waals surface area (Å²) in [7, 11) is 0. The summed E-state index contributed by atoms with van der Waals surface area (Å²) in [5, 5.41) is 10.5. The molecule has 0 saturated carbocycles. The molecule has 0 aliphatic heterocycles. The van der Waals surface area contributed by atoms with E-state index in [9.17, 15) is 9.90 Å². The standard InChI is InChI=1S/C17H22N2O3/c1-3-5-7-12(15-10-18-11-19-15)13-8-6-9-14(16(13)20)17(21)22-4-2/h6,8-12,20H,3-5,7H2,1-2H3,(H,18,19). The van der Waals surface area contributed by atoms with Gasteiger partial charge in [-0.3, -0.25) is 0 Å². The van der Waals surface area contributed by atoms with Crippen molar-refractivity contribution in [3.05, 3.63) is 47.5 Å². The fraction of sp³-hybridized carbons (Fsp3) is 0.412. The molecule has 0 saturated heterocycles. The van der Waals surface area contributed by atoms with Crippen molar-refractivity contribution in [1.82, 2.24) is 9.97 Å². The molecule has 0 aliphatic carbocycles. The number of para-hydroxylation sites is 1. The van der Waals surface area contributed by atoms with E-state index in [-0.39, 0.29) is 23.8 Å². The molecule has 2 N–H and O–H groups in total. The molecule has 1 atom stereocenters. The van der Waals surface area contributed by atoms with Crippen LogP contribution in [-0.4, -0.2) is 27.7 Å². The SMILES string of the molecule is CCCCC(c1cnc[nH]1)c1cccc(C(=O)OCC)c1O. The molecule has 118 valence electrons. The Balaban J connectivity index is 2.39. The Hall–Kier alpha value is -2.30. The van der Waals surface area contributed by atoms with Crippen LogP contribution in [0.5, 0.6) is 5.75 Å². The van der Waals surface area contributed by atoms with Gasteiger partial charge in [0, 0.05) is 23.4 Å². The van der Waals surface area contributed by atoms with Gasteiger partial charge in [-0.05, 0) is 19.4 Å². The molecule has 0 amide bonds. The number of nitrogens with one attached hydrogen (secondary N) is 1. The van der Waals surface area contributed by atoms with Crippen LogP contribution in [0.2, 0.25) is 0 Å². The number of unbranched alkanes of at least 4 members (excludes halogenated alkanes) is 1. The Morgan fingerprint density at radius 1 is 1.41 bits per heavy atom. The first kappa shape index (κ1) is 16.1. The van der Waals surface area contributed by atoms with Gasteiger partial charge in [0.2, 0.25) is 0 Å². The number of nitrogens with zero attached hydrogens (tertiary/aromatic N) is 1. The lowest BCUT2D eigenvalue weighted by Crippen LogP contribution is -2.08. The number of ether oxygens (including phenoxy) is 1. The maximum absolute atomic E-state index is 11.9. The summed E-state index contributed by atoms with van der Waals surface area (Å²) in [6, 6.07) is 5.20. The molecule has 0 aliphatic rings. The fourth-order valence-electron chi connectivity index (χ4n) is 2.56. The molecule has 1 unspecified atom stereocenters. The molecule has 2 aromatic rings. The van der Waals surface area contributed by atoms with E-state index >= 15 is 0 Å². The van der Waals surface area contributed by atoms with Crippen LogP contribution in [0.4, 0.5) is 0 Å². The van der Waals surface area contributed by atoms with Crippen LogP contribution >= 0.6 is 0 Å². The van der Waals surface area contributed by atoms with Crippen LogP contribution in [0.25, 0.3) is 0 Å². The van der Waals surface area contributed by atoms with Crippen LogP contribution in [0.15, 0.2) is 30.7 Å². The first-order valence-electron chi connectivity index (χ1n) is 7.66. The predicted molar refractivity (Wildman–Crippen MR) is 84.0 cm³/mol. The molecule has 0 fully saturated rings. The van der Waals surface area contributed by atoms with E-state index in [2.05, 4.69) is 16.9 Å². The van der Waals surface area contributed by atoms with E-state index in [0.29, 0.717) is 0 Å². The first-order valence-corrected chi connectivity index (χ1v) is 7.66. The van der Waals surface area contributed by atoms with Crippen LogP contribution in [-0.2, 0) is 4.74 Å². The normalized spacial score (nSPS) is 12.1. The molecule has 0 bridgehead atoms. The Kier molecular flexibility index (Phi) is 5.58. The number of aromatic nitrogens is 2. The second-order valence-electron chi connectivity index (χ2n) is 5.17. The van der Waals surface area contributed by atoms with Gasteiger partial charge in [0.1, 0.15) is 11.3 Å². The summed E-state index contributed by atoms with van der Waals surface area (Å²) in [6.45, 7) is 4.15. The van der Waals surface area contributed by atoms with Gasteiger partial charge < -0.3 is 14.8 Å². The van der Waals surface area contributed by atoms with E-state index in [1.165, 1.54) is 0 Å². The number of esters is 1. The average molecular weight is 302 g/mol. The molecular weight excluding hydrogens is 280 g/mol. The van der Waals surface area contributed by atoms with Crippen molar-refractivity contribution >= 4 is 5.97 Å². The van der Waals surface area contributed by atoms with Crippen molar-refractivity contribution < 1.29 is 14.6 Å². The topological polar surface area (TPSA) is 75.2 Å². The molecule has 0 spiro atoms. The number of H-pyrrole nitrogens is 1. The van der Waals surface area contributed by atoms with Crippen LogP contribution < -0.4 is 0 Å². The van der Waals surface area contributed by atoms with Gasteiger partial charge in [-0.2, -0.15) is 0 Å². The van der Waals surface area contributed by atoms with Gasteiger partial charge in [0.25, 0.3) is 0 Å². The number of phenolic OH excluding ortho intramolecular Hbond substituents is 1. The van der Waals surface area contributed by atoms with Crippen molar-refractivity contribution in [2.45, 2.75) is 39.0 Å². The number of carbonyl (C=O) groups excluding carboxylic acids is 1. The predicted octanol–water partition coefficient (Wildman–Crippen LogP) is 3.61. The van der Waals surface area contributed by atoms with Crippen molar-refractivity contribution in [2.75, 3.05) is 6.61 Å². The zero-order chi connectivity index (χ0) is 15.9. The number of rotatable bonds is 7. The summed E-state index contributed by atoms with van der Waals surface area (Å²) in [5.41, 5.74) is 1.87. The quantitative estimate of drug-likeness (QED) is 0.766. The summed E-state index contributed by atoms with van der Waals surface area (Å²) in [5.74, 6) is -0.519. The molecule has 0 radical (unpaired) electrons. The van der Waals surface area contributed by atoms with Gasteiger partial charge in [0.15, 0.2) is 0 Å². The average Bonchev–Trinajstić information content (AvgIpc) is 3.03. The number of hydrogen-bond acceptors (Lipinski definition) is 4. The summed E-state index contributed by atoms with van der Waals surface area (Å²) in [4.78, 5) is 19.1. The van der Waals surface area contributed by atoms with E-state index in [4.69, 9.17) is 4.74 Å². The lowest BCUT2D eigenvalue weighted by Gasteiger charge is -2.18. The summed E-state index contributed by atoms with van der Waals surface area (Å²) in [6.07, 6.45) is 6.34. The summed E-state index contributed by atoms with van der Waals surface area (Å²) < 4.78 is 5.00. The number of aromatic hydroxyl groups is 1. The van der Waals surface area contributed by atoms with E-state index in [1.807, 2.05) is 6.07 Å². The highest BCUT2D eigenvalue weighted by molar-refractivity contribution is 5.93. The van der Waals surface area contributed by atoms with Gasteiger partial charge >= 0.3 is 5.97 Å². The maximum atomic E-state index is 11.9. The van der Waals surface area contributed by atoms with Crippen molar-refractivity contribution in [1.29, 1.82) is 0 Å². The van der Waals surface area contributed by atoms with Gasteiger partial charge in [-0.15, -0.1) is 0 Å². The number of phenols is 1. The molecule has 5 heteroatoms. The molecule has 2 rings (SSSR count). The number of aromatic amines is 1. The highest BCUT2D eigenvalue weighted by atomic mass is 16.5. The second-order valence-corrected chi connectivity index (χ2v) is 5.17. The number of carbonyl (C=O) groups is 1. The largest absolute Gasteiger partial charge is 0.507 e. The minimum atomic E-state index is -0.499. The monoisotopic (exact) mass is 302 g/mol. The molecule has 1 aromatic carbocycles. The maximum Gasteiger partial charge on any atom is 0.341 e. The van der Waals surface area contributed by atoms with Gasteiger partial charge in [-0.1, -0.05) is 31.9 Å². The van der Waals surface area contributed by atoms with E-state index < -0.39 is 5.97 Å². The zero-order valence-corrected chi connectivity index (χ0v) is 13.0. The minimum absolute atomic E-state index is 0.00310. The third kappa shape index (κ3) is 3.47. The molecule has 22 heavy (non-hydrogen) atoms. The number of imidazole rings is 1. The van der Waals surface area contributed by atoms with Gasteiger partial charge in [0.05, 0.1) is 12.9 Å². The third-order valence-electron chi connectivity index (χ3n) is 3.68. The molecule has 5 nitrogen and oxygen atoms in total. The van der Waals surface area contributed by atoms with Crippen molar-refractivity contribution in [3.8, 4) is 5.75 Å². The number of hydrogen-bond donors (Lipinski definition) is 2. The first-order chi connectivity index (χ1) is 10.7. The summed E-state index contributed by atoms with van der Waals surface area (Å²) >= 11 is 0. The van der Waals surface area contributed by atoms with Crippen LogP contribution in [0, 0.1) is 0 Å². The Labute approximate surface area is 130 Å². The smallest absolute Gasteiger partial charge is 0.341 e. The van der Waals surface area contributed by atoms with E-state index in [1.54, 1.807) is 31.6 Å². The van der Waals surface area contributed by atoms with E-state index in [0.717, 1.165) is 30.5 Å². The zero-order valence-electron chi connectivity index (χ0n) is 13.0. The Morgan fingerprint density at radius 2 is 2.23 bits per heavy atom. The van der Waals surface area contributed by atoms with Crippen molar-refractivity contribution in [3.63, 3.8) is 0 Å². The lowest BCUT2D eigenvalue weighted by atomic mass is 9.89. The Bertz CT molecular complexity index is 608. The van der Waals surface area contributed by atoms with Gasteiger partial charge in [-0.25, -0.2) is 9.78 Å². The minimum Gasteiger partial charge on any atom is -0.507 e. The molecule has 1 aromatic heterocycles.